The van der Waals surface area contributed by atoms with Crippen molar-refractivity contribution < 1.29 is 28.7 Å². The molecule has 130 valence electrons. The quantitative estimate of drug-likeness (QED) is 0.587. The van der Waals surface area contributed by atoms with Gasteiger partial charge in [0, 0.05) is 30.7 Å². The second kappa shape index (κ2) is 6.86. The summed E-state index contributed by atoms with van der Waals surface area (Å²) in [6, 6.07) is -0.904. The molecule has 2 aliphatic rings. The number of hydrogen-bond donors (Lipinski definition) is 1. The fraction of sp³-hybridized carbons (Fsp3) is 0.500. The number of rotatable bonds is 3. The first kappa shape index (κ1) is 17.7. The van der Waals surface area contributed by atoms with Gasteiger partial charge in [0.1, 0.15) is 0 Å². The average Bonchev–Trinajstić information content (AvgIpc) is 2.81. The van der Waals surface area contributed by atoms with Crippen LogP contribution in [0.3, 0.4) is 0 Å². The van der Waals surface area contributed by atoms with Gasteiger partial charge in [-0.2, -0.15) is 0 Å². The van der Waals surface area contributed by atoms with E-state index in [0.717, 1.165) is 4.90 Å². The number of carbonyl (C=O) groups excluding carboxylic acids is 4. The van der Waals surface area contributed by atoms with E-state index in [9.17, 15) is 19.2 Å². The third kappa shape index (κ3) is 3.04. The second-order valence-electron chi connectivity index (χ2n) is 5.63. The zero-order valence-corrected chi connectivity index (χ0v) is 14.1. The van der Waals surface area contributed by atoms with Gasteiger partial charge in [0.15, 0.2) is 0 Å². The molecule has 0 radical (unpaired) electrons. The largest absolute Gasteiger partial charge is 0.466 e. The Balaban J connectivity index is 2.56. The molecule has 1 N–H and O–H groups in total. The van der Waals surface area contributed by atoms with Crippen LogP contribution in [0.25, 0.3) is 0 Å². The van der Waals surface area contributed by atoms with Crippen LogP contribution in [0.2, 0.25) is 0 Å². The van der Waals surface area contributed by atoms with E-state index in [0.29, 0.717) is 11.4 Å². The van der Waals surface area contributed by atoms with Gasteiger partial charge in [0.25, 0.3) is 0 Å². The number of allylic oxidation sites excluding steroid dienone is 2. The first-order valence-corrected chi connectivity index (χ1v) is 7.50. The fourth-order valence-electron chi connectivity index (χ4n) is 3.04. The number of hydrogen-bond acceptors (Lipinski definition) is 7. The molecule has 1 unspecified atom stereocenters. The van der Waals surface area contributed by atoms with Gasteiger partial charge in [-0.1, -0.05) is 0 Å². The topological polar surface area (TPSA) is 102 Å². The zero-order chi connectivity index (χ0) is 18.0. The minimum Gasteiger partial charge on any atom is -0.466 e. The van der Waals surface area contributed by atoms with Crippen LogP contribution in [0, 0.1) is 0 Å². The van der Waals surface area contributed by atoms with E-state index in [-0.39, 0.29) is 42.2 Å². The lowest BCUT2D eigenvalue weighted by Gasteiger charge is -2.27. The third-order valence-electron chi connectivity index (χ3n) is 4.20. The van der Waals surface area contributed by atoms with Crippen molar-refractivity contribution in [3.63, 3.8) is 0 Å². The van der Waals surface area contributed by atoms with E-state index in [1.807, 2.05) is 0 Å². The Bertz CT molecular complexity index is 660. The third-order valence-corrected chi connectivity index (χ3v) is 4.20. The van der Waals surface area contributed by atoms with Crippen LogP contribution in [0.15, 0.2) is 22.5 Å². The number of amides is 2. The number of esters is 2. The maximum absolute atomic E-state index is 12.3. The summed E-state index contributed by atoms with van der Waals surface area (Å²) in [5, 5.41) is 2.96. The van der Waals surface area contributed by atoms with Crippen LogP contribution in [-0.4, -0.2) is 48.9 Å². The van der Waals surface area contributed by atoms with Gasteiger partial charge >= 0.3 is 11.9 Å². The number of ether oxygens (including phenoxy) is 2. The summed E-state index contributed by atoms with van der Waals surface area (Å²) in [6.45, 7) is 3.30. The highest BCUT2D eigenvalue weighted by Gasteiger charge is 2.42. The van der Waals surface area contributed by atoms with Gasteiger partial charge in [-0.25, -0.2) is 9.59 Å². The number of likely N-dealkylation sites (tertiary alicyclic amines) is 1. The summed E-state index contributed by atoms with van der Waals surface area (Å²) in [7, 11) is 2.47. The molecule has 1 saturated heterocycles. The number of nitrogens with zero attached hydrogens (tertiary/aromatic N) is 1. The van der Waals surface area contributed by atoms with E-state index in [1.165, 1.54) is 14.2 Å². The summed E-state index contributed by atoms with van der Waals surface area (Å²) in [5.74, 6) is -1.98. The molecule has 0 aliphatic carbocycles. The van der Waals surface area contributed by atoms with E-state index in [4.69, 9.17) is 9.47 Å². The van der Waals surface area contributed by atoms with Crippen molar-refractivity contribution in [2.24, 2.45) is 0 Å². The molecule has 0 aromatic rings. The first-order valence-electron chi connectivity index (χ1n) is 7.50. The van der Waals surface area contributed by atoms with Crippen molar-refractivity contribution in [1.82, 2.24) is 10.2 Å². The maximum atomic E-state index is 12.3. The van der Waals surface area contributed by atoms with Gasteiger partial charge in [-0.05, 0) is 13.8 Å². The number of carbonyl (C=O) groups is 4. The molecule has 0 aromatic carbocycles. The summed E-state index contributed by atoms with van der Waals surface area (Å²) in [5.41, 5.74) is 1.35. The number of nitrogens with one attached hydrogen (secondary N) is 1. The molecule has 0 bridgehead atoms. The van der Waals surface area contributed by atoms with Gasteiger partial charge in [0.2, 0.25) is 11.8 Å². The molecule has 8 nitrogen and oxygen atoms in total. The van der Waals surface area contributed by atoms with Crippen molar-refractivity contribution >= 4 is 23.8 Å². The van der Waals surface area contributed by atoms with Crippen LogP contribution >= 0.6 is 0 Å². The number of imide groups is 1. The van der Waals surface area contributed by atoms with E-state index in [2.05, 4.69) is 5.32 Å². The summed E-state index contributed by atoms with van der Waals surface area (Å²) in [6.07, 6.45) is 0.170. The van der Waals surface area contributed by atoms with Crippen molar-refractivity contribution in [1.29, 1.82) is 0 Å². The summed E-state index contributed by atoms with van der Waals surface area (Å²) >= 11 is 0. The molecule has 2 heterocycles. The molecule has 1 fully saturated rings. The molecular formula is C16H20N2O6. The van der Waals surface area contributed by atoms with Crippen LogP contribution in [-0.2, 0) is 28.7 Å². The Morgan fingerprint density at radius 3 is 2.04 bits per heavy atom. The van der Waals surface area contributed by atoms with Crippen LogP contribution in [0.5, 0.6) is 0 Å². The van der Waals surface area contributed by atoms with Gasteiger partial charge in [-0.15, -0.1) is 0 Å². The van der Waals surface area contributed by atoms with Gasteiger partial charge in [0.05, 0.1) is 31.4 Å². The Morgan fingerprint density at radius 2 is 1.54 bits per heavy atom. The standard InChI is InChI=1S/C16H20N2O6/c1-8-10(15(21)23-3)7-11(18-12(19)5-6-13(18)20)14(9(2)17-8)16(22)24-4/h11,17H,5-7H2,1-4H3. The molecule has 0 saturated carbocycles. The van der Waals surface area contributed by atoms with Gasteiger partial charge < -0.3 is 14.8 Å². The van der Waals surface area contributed by atoms with Crippen molar-refractivity contribution in [2.75, 3.05) is 14.2 Å². The molecule has 8 heteroatoms. The van der Waals surface area contributed by atoms with E-state index < -0.39 is 18.0 Å². The lowest BCUT2D eigenvalue weighted by Crippen LogP contribution is -2.43. The minimum absolute atomic E-state index is 0.00917. The lowest BCUT2D eigenvalue weighted by molar-refractivity contribution is -0.143. The smallest absolute Gasteiger partial charge is 0.337 e. The average molecular weight is 336 g/mol. The second-order valence-corrected chi connectivity index (χ2v) is 5.63. The molecule has 2 rings (SSSR count). The molecule has 0 spiro atoms. The van der Waals surface area contributed by atoms with Crippen LogP contribution in [0.4, 0.5) is 0 Å². The fourth-order valence-corrected chi connectivity index (χ4v) is 3.04. The Hall–Kier alpha value is -2.64. The summed E-state index contributed by atoms with van der Waals surface area (Å²) in [4.78, 5) is 49.7. The molecule has 2 aliphatic heterocycles. The normalized spacial score (nSPS) is 21.7. The van der Waals surface area contributed by atoms with Crippen LogP contribution in [0.1, 0.15) is 33.1 Å². The maximum Gasteiger partial charge on any atom is 0.337 e. The minimum atomic E-state index is -0.904. The predicted octanol–water partition coefficient (Wildman–Crippen LogP) is 0.391. The Kier molecular flexibility index (Phi) is 5.06. The summed E-state index contributed by atoms with van der Waals surface area (Å²) < 4.78 is 9.59. The van der Waals surface area contributed by atoms with E-state index >= 15 is 0 Å². The highest BCUT2D eigenvalue weighted by Crippen LogP contribution is 2.31. The highest BCUT2D eigenvalue weighted by molar-refractivity contribution is 6.04. The van der Waals surface area contributed by atoms with Gasteiger partial charge in [-0.3, -0.25) is 14.5 Å². The molecular weight excluding hydrogens is 316 g/mol. The van der Waals surface area contributed by atoms with Crippen LogP contribution < -0.4 is 5.32 Å². The highest BCUT2D eigenvalue weighted by atomic mass is 16.5. The number of methoxy groups -OCH3 is 2. The Labute approximate surface area is 139 Å². The molecule has 0 aromatic heterocycles. The monoisotopic (exact) mass is 336 g/mol. The molecule has 1 atom stereocenters. The van der Waals surface area contributed by atoms with Crippen molar-refractivity contribution in [2.45, 2.75) is 39.2 Å². The zero-order valence-electron chi connectivity index (χ0n) is 14.1. The SMILES string of the molecule is COC(=O)C1=C(C)NC(C)=C(C(=O)OC)C(N2C(=O)CCC2=O)C1. The molecule has 24 heavy (non-hydrogen) atoms. The Morgan fingerprint density at radius 1 is 1.00 bits per heavy atom. The van der Waals surface area contributed by atoms with E-state index in [1.54, 1.807) is 13.8 Å². The predicted molar refractivity (Wildman–Crippen MR) is 82.1 cm³/mol. The first-order chi connectivity index (χ1) is 11.3. The van der Waals surface area contributed by atoms with Crippen molar-refractivity contribution in [3.8, 4) is 0 Å². The van der Waals surface area contributed by atoms with Crippen molar-refractivity contribution in [3.05, 3.63) is 22.5 Å². The molecule has 2 amide bonds. The lowest BCUT2D eigenvalue weighted by atomic mass is 9.96.